The number of ether oxygens (including phenoxy) is 1. The first kappa shape index (κ1) is 18.9. The number of methoxy groups -OCH3 is 1. The predicted octanol–water partition coefficient (Wildman–Crippen LogP) is 4.67. The van der Waals surface area contributed by atoms with Gasteiger partial charge in [-0.3, -0.25) is 4.90 Å². The number of thiazole rings is 1. The standard InChI is InChI=1S/C22H24FN3OS/c1-27-21-6-3-2-5-20(21)26-12-4-11-25(13-14-26)15-19-16-28-22(24-19)17-7-9-18(23)10-8-17/h2-3,5-10,16H,4,11-15H2,1H3. The average Bonchev–Trinajstić information content (AvgIpc) is 3.06. The van der Waals surface area contributed by atoms with Crippen molar-refractivity contribution in [3.63, 3.8) is 0 Å². The molecule has 146 valence electrons. The largest absolute Gasteiger partial charge is 0.495 e. The van der Waals surface area contributed by atoms with Gasteiger partial charge in [0.1, 0.15) is 16.6 Å². The Morgan fingerprint density at radius 1 is 1.04 bits per heavy atom. The first-order chi connectivity index (χ1) is 13.7. The van der Waals surface area contributed by atoms with Crippen molar-refractivity contribution in [2.75, 3.05) is 38.2 Å². The quantitative estimate of drug-likeness (QED) is 0.626. The molecule has 0 bridgehead atoms. The van der Waals surface area contributed by atoms with Gasteiger partial charge in [0.05, 0.1) is 18.5 Å². The van der Waals surface area contributed by atoms with E-state index in [1.165, 1.54) is 17.8 Å². The number of rotatable bonds is 5. The van der Waals surface area contributed by atoms with Crippen LogP contribution >= 0.6 is 11.3 Å². The van der Waals surface area contributed by atoms with Crippen molar-refractivity contribution in [2.45, 2.75) is 13.0 Å². The lowest BCUT2D eigenvalue weighted by atomic mass is 10.2. The van der Waals surface area contributed by atoms with Crippen molar-refractivity contribution in [3.8, 4) is 16.3 Å². The van der Waals surface area contributed by atoms with E-state index in [1.54, 1.807) is 30.6 Å². The molecule has 0 atom stereocenters. The Kier molecular flexibility index (Phi) is 5.88. The van der Waals surface area contributed by atoms with E-state index >= 15 is 0 Å². The molecular weight excluding hydrogens is 373 g/mol. The molecule has 1 aliphatic rings. The van der Waals surface area contributed by atoms with Crippen molar-refractivity contribution < 1.29 is 9.13 Å². The first-order valence-electron chi connectivity index (χ1n) is 9.53. The number of hydrogen-bond acceptors (Lipinski definition) is 5. The molecule has 0 amide bonds. The first-order valence-corrected chi connectivity index (χ1v) is 10.4. The Bertz CT molecular complexity index is 912. The Morgan fingerprint density at radius 3 is 2.68 bits per heavy atom. The molecule has 6 heteroatoms. The van der Waals surface area contributed by atoms with Gasteiger partial charge in [0.15, 0.2) is 0 Å². The van der Waals surface area contributed by atoms with E-state index in [9.17, 15) is 4.39 Å². The number of aromatic nitrogens is 1. The van der Waals surface area contributed by atoms with Gasteiger partial charge in [-0.15, -0.1) is 11.3 Å². The summed E-state index contributed by atoms with van der Waals surface area (Å²) in [5.74, 6) is 0.712. The Balaban J connectivity index is 1.39. The van der Waals surface area contributed by atoms with Crippen LogP contribution in [-0.2, 0) is 6.54 Å². The van der Waals surface area contributed by atoms with E-state index in [4.69, 9.17) is 9.72 Å². The van der Waals surface area contributed by atoms with Crippen LogP contribution in [0.1, 0.15) is 12.1 Å². The fourth-order valence-electron chi connectivity index (χ4n) is 3.59. The van der Waals surface area contributed by atoms with Crippen molar-refractivity contribution in [2.24, 2.45) is 0 Å². The molecule has 4 nitrogen and oxygen atoms in total. The van der Waals surface area contributed by atoms with E-state index < -0.39 is 0 Å². The number of halogens is 1. The van der Waals surface area contributed by atoms with Crippen molar-refractivity contribution >= 4 is 17.0 Å². The molecule has 0 saturated carbocycles. The zero-order valence-electron chi connectivity index (χ0n) is 16.0. The van der Waals surface area contributed by atoms with Gasteiger partial charge in [-0.2, -0.15) is 0 Å². The van der Waals surface area contributed by atoms with Crippen LogP contribution in [0.3, 0.4) is 0 Å². The molecule has 1 saturated heterocycles. The van der Waals surface area contributed by atoms with Gasteiger partial charge in [0, 0.05) is 43.7 Å². The highest BCUT2D eigenvalue weighted by Gasteiger charge is 2.18. The van der Waals surface area contributed by atoms with Crippen LogP contribution in [0.5, 0.6) is 5.75 Å². The number of para-hydroxylation sites is 2. The minimum Gasteiger partial charge on any atom is -0.495 e. The highest BCUT2D eigenvalue weighted by Crippen LogP contribution is 2.29. The van der Waals surface area contributed by atoms with Crippen LogP contribution in [0, 0.1) is 5.82 Å². The number of benzene rings is 2. The second kappa shape index (κ2) is 8.71. The molecule has 1 aromatic heterocycles. The lowest BCUT2D eigenvalue weighted by Crippen LogP contribution is -2.30. The normalized spacial score (nSPS) is 15.4. The number of hydrogen-bond donors (Lipinski definition) is 0. The summed E-state index contributed by atoms with van der Waals surface area (Å²) in [6, 6.07) is 14.8. The van der Waals surface area contributed by atoms with Gasteiger partial charge in [-0.05, 0) is 42.8 Å². The SMILES string of the molecule is COc1ccccc1N1CCCN(Cc2csc(-c3ccc(F)cc3)n2)CC1. The Hall–Kier alpha value is -2.44. The topological polar surface area (TPSA) is 28.6 Å². The maximum absolute atomic E-state index is 13.1. The molecule has 4 rings (SSSR count). The Morgan fingerprint density at radius 2 is 1.86 bits per heavy atom. The molecule has 1 fully saturated rings. The van der Waals surface area contributed by atoms with E-state index in [1.807, 2.05) is 12.1 Å². The molecule has 0 unspecified atom stereocenters. The number of anilines is 1. The van der Waals surface area contributed by atoms with Crippen LogP contribution in [0.15, 0.2) is 53.9 Å². The summed E-state index contributed by atoms with van der Waals surface area (Å²) >= 11 is 1.62. The zero-order valence-corrected chi connectivity index (χ0v) is 16.8. The van der Waals surface area contributed by atoms with Gasteiger partial charge in [-0.1, -0.05) is 12.1 Å². The highest BCUT2D eigenvalue weighted by atomic mass is 32.1. The smallest absolute Gasteiger partial charge is 0.142 e. The highest BCUT2D eigenvalue weighted by molar-refractivity contribution is 7.13. The summed E-state index contributed by atoms with van der Waals surface area (Å²) < 4.78 is 18.6. The van der Waals surface area contributed by atoms with Gasteiger partial charge < -0.3 is 9.64 Å². The third kappa shape index (κ3) is 4.34. The Labute approximate surface area is 169 Å². The maximum Gasteiger partial charge on any atom is 0.142 e. The summed E-state index contributed by atoms with van der Waals surface area (Å²) in [7, 11) is 1.73. The van der Waals surface area contributed by atoms with Crippen LogP contribution in [0.4, 0.5) is 10.1 Å². The van der Waals surface area contributed by atoms with E-state index in [0.717, 1.165) is 61.2 Å². The maximum atomic E-state index is 13.1. The fraction of sp³-hybridized carbons (Fsp3) is 0.318. The lowest BCUT2D eigenvalue weighted by Gasteiger charge is -2.25. The lowest BCUT2D eigenvalue weighted by molar-refractivity contribution is 0.282. The van der Waals surface area contributed by atoms with Crippen molar-refractivity contribution in [1.29, 1.82) is 0 Å². The van der Waals surface area contributed by atoms with E-state index in [0.29, 0.717) is 0 Å². The summed E-state index contributed by atoms with van der Waals surface area (Å²) in [5.41, 5.74) is 3.21. The van der Waals surface area contributed by atoms with E-state index in [-0.39, 0.29) is 5.82 Å². The van der Waals surface area contributed by atoms with Crippen LogP contribution in [0.25, 0.3) is 10.6 Å². The molecule has 28 heavy (non-hydrogen) atoms. The fourth-order valence-corrected chi connectivity index (χ4v) is 4.41. The second-order valence-electron chi connectivity index (χ2n) is 6.94. The molecule has 3 aromatic rings. The zero-order chi connectivity index (χ0) is 19.3. The molecular formula is C22H24FN3OS. The van der Waals surface area contributed by atoms with Crippen molar-refractivity contribution in [1.82, 2.24) is 9.88 Å². The minimum absolute atomic E-state index is 0.218. The van der Waals surface area contributed by atoms with Crippen LogP contribution < -0.4 is 9.64 Å². The summed E-state index contributed by atoms with van der Waals surface area (Å²) in [4.78, 5) is 9.62. The average molecular weight is 398 g/mol. The van der Waals surface area contributed by atoms with Crippen molar-refractivity contribution in [3.05, 3.63) is 65.4 Å². The molecule has 1 aliphatic heterocycles. The number of nitrogens with zero attached hydrogens (tertiary/aromatic N) is 3. The predicted molar refractivity (Wildman–Crippen MR) is 113 cm³/mol. The molecule has 2 heterocycles. The van der Waals surface area contributed by atoms with Crippen LogP contribution in [0.2, 0.25) is 0 Å². The second-order valence-corrected chi connectivity index (χ2v) is 7.80. The molecule has 2 aromatic carbocycles. The third-order valence-corrected chi connectivity index (χ3v) is 5.98. The van der Waals surface area contributed by atoms with Gasteiger partial charge in [0.2, 0.25) is 0 Å². The van der Waals surface area contributed by atoms with E-state index in [2.05, 4.69) is 27.3 Å². The molecule has 0 radical (unpaired) electrons. The molecule has 0 aliphatic carbocycles. The third-order valence-electron chi connectivity index (χ3n) is 5.04. The molecule has 0 spiro atoms. The summed E-state index contributed by atoms with van der Waals surface area (Å²) in [6.45, 7) is 4.87. The van der Waals surface area contributed by atoms with Gasteiger partial charge in [0.25, 0.3) is 0 Å². The summed E-state index contributed by atoms with van der Waals surface area (Å²) in [6.07, 6.45) is 1.10. The van der Waals surface area contributed by atoms with Gasteiger partial charge in [-0.25, -0.2) is 9.37 Å². The summed E-state index contributed by atoms with van der Waals surface area (Å²) in [5, 5.41) is 3.06. The minimum atomic E-state index is -0.218. The van der Waals surface area contributed by atoms with Gasteiger partial charge >= 0.3 is 0 Å². The molecule has 0 N–H and O–H groups in total. The monoisotopic (exact) mass is 397 g/mol. The van der Waals surface area contributed by atoms with Crippen LogP contribution in [-0.4, -0.2) is 43.2 Å².